The first-order chi connectivity index (χ1) is 7.79. The van der Waals surface area contributed by atoms with E-state index in [2.05, 4.69) is 17.4 Å². The van der Waals surface area contributed by atoms with Crippen molar-refractivity contribution in [1.29, 1.82) is 0 Å². The fraction of sp³-hybridized carbons (Fsp3) is 0.538. The molecule has 88 valence electrons. The van der Waals surface area contributed by atoms with Crippen LogP contribution in [0.1, 0.15) is 12.0 Å². The molecule has 0 aliphatic carbocycles. The van der Waals surface area contributed by atoms with Crippen molar-refractivity contribution in [1.82, 2.24) is 5.32 Å². The third-order valence-electron chi connectivity index (χ3n) is 3.31. The molecule has 1 aromatic rings. The summed E-state index contributed by atoms with van der Waals surface area (Å²) in [6.45, 7) is 2.02. The van der Waals surface area contributed by atoms with Crippen molar-refractivity contribution < 1.29 is 4.74 Å². The minimum Gasteiger partial charge on any atom is -0.497 e. The van der Waals surface area contributed by atoms with Gasteiger partial charge >= 0.3 is 0 Å². The van der Waals surface area contributed by atoms with Gasteiger partial charge in [0.15, 0.2) is 0 Å². The van der Waals surface area contributed by atoms with Gasteiger partial charge in [-0.1, -0.05) is 12.1 Å². The van der Waals surface area contributed by atoms with E-state index < -0.39 is 0 Å². The molecule has 1 aliphatic heterocycles. The predicted octanol–water partition coefficient (Wildman–Crippen LogP) is 1.17. The van der Waals surface area contributed by atoms with Gasteiger partial charge in [-0.15, -0.1) is 0 Å². The molecule has 1 aromatic carbocycles. The Bertz CT molecular complexity index is 340. The van der Waals surface area contributed by atoms with E-state index in [1.807, 2.05) is 12.1 Å². The lowest BCUT2D eigenvalue weighted by Gasteiger charge is -2.29. The topological polar surface area (TPSA) is 47.3 Å². The van der Waals surface area contributed by atoms with Gasteiger partial charge in [0.1, 0.15) is 5.75 Å². The lowest BCUT2D eigenvalue weighted by Crippen LogP contribution is -2.46. The van der Waals surface area contributed by atoms with Gasteiger partial charge < -0.3 is 15.8 Å². The number of hydrogen-bond donors (Lipinski definition) is 2. The summed E-state index contributed by atoms with van der Waals surface area (Å²) in [4.78, 5) is 0. The van der Waals surface area contributed by atoms with E-state index in [1.54, 1.807) is 7.11 Å². The molecule has 0 amide bonds. The van der Waals surface area contributed by atoms with E-state index in [-0.39, 0.29) is 6.04 Å². The Balaban J connectivity index is 2.01. The summed E-state index contributed by atoms with van der Waals surface area (Å²) in [6.07, 6.45) is 2.22. The maximum Gasteiger partial charge on any atom is 0.119 e. The number of rotatable bonds is 3. The average molecular weight is 220 g/mol. The van der Waals surface area contributed by atoms with Gasteiger partial charge in [-0.05, 0) is 43.0 Å². The molecule has 0 spiro atoms. The number of hydrogen-bond acceptors (Lipinski definition) is 3. The first-order valence-electron chi connectivity index (χ1n) is 5.89. The first-order valence-corrected chi connectivity index (χ1v) is 5.89. The Hall–Kier alpha value is -1.06. The van der Waals surface area contributed by atoms with Crippen LogP contribution in [-0.2, 0) is 6.42 Å². The van der Waals surface area contributed by atoms with Gasteiger partial charge in [0, 0.05) is 12.6 Å². The normalized spacial score (nSPS) is 25.4. The number of piperidine rings is 1. The zero-order valence-electron chi connectivity index (χ0n) is 9.78. The Labute approximate surface area is 97.0 Å². The maximum absolute atomic E-state index is 6.10. The Kier molecular flexibility index (Phi) is 3.80. The molecule has 2 rings (SSSR count). The monoisotopic (exact) mass is 220 g/mol. The second-order valence-electron chi connectivity index (χ2n) is 4.47. The number of benzene rings is 1. The molecule has 1 fully saturated rings. The van der Waals surface area contributed by atoms with Crippen LogP contribution in [0.15, 0.2) is 24.3 Å². The first kappa shape index (κ1) is 11.4. The Morgan fingerprint density at radius 1 is 1.50 bits per heavy atom. The van der Waals surface area contributed by atoms with Gasteiger partial charge in [0.25, 0.3) is 0 Å². The van der Waals surface area contributed by atoms with Crippen molar-refractivity contribution in [2.45, 2.75) is 18.9 Å². The SMILES string of the molecule is COc1cccc(CC2CCNCC2N)c1. The highest BCUT2D eigenvalue weighted by molar-refractivity contribution is 5.28. The van der Waals surface area contributed by atoms with Crippen molar-refractivity contribution in [2.75, 3.05) is 20.2 Å². The molecule has 2 atom stereocenters. The summed E-state index contributed by atoms with van der Waals surface area (Å²) in [6, 6.07) is 8.55. The highest BCUT2D eigenvalue weighted by Gasteiger charge is 2.21. The van der Waals surface area contributed by atoms with E-state index in [4.69, 9.17) is 10.5 Å². The van der Waals surface area contributed by atoms with Crippen LogP contribution in [0.2, 0.25) is 0 Å². The second kappa shape index (κ2) is 5.32. The Morgan fingerprint density at radius 3 is 3.12 bits per heavy atom. The molecule has 16 heavy (non-hydrogen) atoms. The van der Waals surface area contributed by atoms with Crippen LogP contribution in [0.3, 0.4) is 0 Å². The lowest BCUT2D eigenvalue weighted by molar-refractivity contribution is 0.322. The summed E-state index contributed by atoms with van der Waals surface area (Å²) in [7, 11) is 1.70. The largest absolute Gasteiger partial charge is 0.497 e. The fourth-order valence-electron chi connectivity index (χ4n) is 2.29. The molecular formula is C13H20N2O. The summed E-state index contributed by atoms with van der Waals surface area (Å²) < 4.78 is 5.23. The van der Waals surface area contributed by atoms with Crippen molar-refractivity contribution >= 4 is 0 Å². The molecule has 1 saturated heterocycles. The van der Waals surface area contributed by atoms with Gasteiger partial charge in [-0.2, -0.15) is 0 Å². The molecule has 3 heteroatoms. The average Bonchev–Trinajstić information content (AvgIpc) is 2.32. The highest BCUT2D eigenvalue weighted by Crippen LogP contribution is 2.20. The predicted molar refractivity (Wildman–Crippen MR) is 65.7 cm³/mol. The van der Waals surface area contributed by atoms with Crippen molar-refractivity contribution in [3.05, 3.63) is 29.8 Å². The van der Waals surface area contributed by atoms with Crippen LogP contribution in [0, 0.1) is 5.92 Å². The zero-order chi connectivity index (χ0) is 11.4. The van der Waals surface area contributed by atoms with Gasteiger partial charge in [0.05, 0.1) is 7.11 Å². The van der Waals surface area contributed by atoms with Crippen LogP contribution in [0.4, 0.5) is 0 Å². The lowest BCUT2D eigenvalue weighted by atomic mass is 9.87. The van der Waals surface area contributed by atoms with Crippen LogP contribution in [-0.4, -0.2) is 26.2 Å². The number of nitrogens with one attached hydrogen (secondary N) is 1. The van der Waals surface area contributed by atoms with Crippen molar-refractivity contribution in [3.63, 3.8) is 0 Å². The standard InChI is InChI=1S/C13H20N2O/c1-16-12-4-2-3-10(8-12)7-11-5-6-15-9-13(11)14/h2-4,8,11,13,15H,5-7,9,14H2,1H3. The number of methoxy groups -OCH3 is 1. The van der Waals surface area contributed by atoms with E-state index in [1.165, 1.54) is 12.0 Å². The van der Waals surface area contributed by atoms with Crippen molar-refractivity contribution in [2.24, 2.45) is 11.7 Å². The molecule has 0 radical (unpaired) electrons. The highest BCUT2D eigenvalue weighted by atomic mass is 16.5. The van der Waals surface area contributed by atoms with Gasteiger partial charge in [-0.3, -0.25) is 0 Å². The smallest absolute Gasteiger partial charge is 0.119 e. The summed E-state index contributed by atoms with van der Waals surface area (Å²) in [5.74, 6) is 1.52. The maximum atomic E-state index is 6.10. The molecular weight excluding hydrogens is 200 g/mol. The zero-order valence-corrected chi connectivity index (χ0v) is 9.78. The van der Waals surface area contributed by atoms with Crippen LogP contribution in [0.5, 0.6) is 5.75 Å². The quantitative estimate of drug-likeness (QED) is 0.804. The van der Waals surface area contributed by atoms with E-state index in [0.29, 0.717) is 5.92 Å². The minimum absolute atomic E-state index is 0.278. The fourth-order valence-corrected chi connectivity index (χ4v) is 2.29. The van der Waals surface area contributed by atoms with E-state index in [0.717, 1.165) is 25.3 Å². The number of ether oxygens (including phenoxy) is 1. The molecule has 0 saturated carbocycles. The van der Waals surface area contributed by atoms with Gasteiger partial charge in [-0.25, -0.2) is 0 Å². The molecule has 3 nitrogen and oxygen atoms in total. The molecule has 2 unspecified atom stereocenters. The second-order valence-corrected chi connectivity index (χ2v) is 4.47. The summed E-state index contributed by atoms with van der Waals surface area (Å²) >= 11 is 0. The molecule has 1 aliphatic rings. The van der Waals surface area contributed by atoms with E-state index in [9.17, 15) is 0 Å². The van der Waals surface area contributed by atoms with Crippen LogP contribution >= 0.6 is 0 Å². The molecule has 0 aromatic heterocycles. The van der Waals surface area contributed by atoms with Gasteiger partial charge in [0.2, 0.25) is 0 Å². The Morgan fingerprint density at radius 2 is 2.38 bits per heavy atom. The van der Waals surface area contributed by atoms with E-state index >= 15 is 0 Å². The molecule has 0 bridgehead atoms. The van der Waals surface area contributed by atoms with Crippen LogP contribution < -0.4 is 15.8 Å². The summed E-state index contributed by atoms with van der Waals surface area (Å²) in [5.41, 5.74) is 7.42. The third-order valence-corrected chi connectivity index (χ3v) is 3.31. The van der Waals surface area contributed by atoms with Crippen LogP contribution in [0.25, 0.3) is 0 Å². The van der Waals surface area contributed by atoms with Crippen molar-refractivity contribution in [3.8, 4) is 5.75 Å². The number of nitrogens with two attached hydrogens (primary N) is 1. The minimum atomic E-state index is 0.278. The molecule has 3 N–H and O–H groups in total. The third kappa shape index (κ3) is 2.74. The molecule has 1 heterocycles. The summed E-state index contributed by atoms with van der Waals surface area (Å²) in [5, 5.41) is 3.32.